The number of likely N-dealkylation sites (N-methyl/N-ethyl adjacent to an activating group) is 1. The van der Waals surface area contributed by atoms with Crippen molar-refractivity contribution >= 4 is 5.78 Å². The minimum absolute atomic E-state index is 0.153. The fourth-order valence-electron chi connectivity index (χ4n) is 3.22. The lowest BCUT2D eigenvalue weighted by atomic mass is 10.1. The summed E-state index contributed by atoms with van der Waals surface area (Å²) >= 11 is 0. The number of Topliss-reactive ketones (excluding diaryl/α,β-unsaturated/α-hetero) is 1. The van der Waals surface area contributed by atoms with Crippen LogP contribution < -0.4 is 9.47 Å². The molecule has 1 aromatic rings. The molecular formula is C17H23NO3. The molecule has 1 fully saturated rings. The van der Waals surface area contributed by atoms with Gasteiger partial charge in [0.2, 0.25) is 6.79 Å². The molecule has 4 nitrogen and oxygen atoms in total. The number of fused-ring (bicyclic) bond motifs is 1. The maximum absolute atomic E-state index is 12.4. The monoisotopic (exact) mass is 289 g/mol. The number of benzene rings is 1. The number of nitrogens with zero attached hydrogens (tertiary/aromatic N) is 1. The molecular weight excluding hydrogens is 266 g/mol. The van der Waals surface area contributed by atoms with Crippen molar-refractivity contribution in [1.82, 2.24) is 4.90 Å². The first-order valence-electron chi connectivity index (χ1n) is 7.87. The first-order chi connectivity index (χ1) is 10.2. The zero-order valence-electron chi connectivity index (χ0n) is 12.6. The van der Waals surface area contributed by atoms with E-state index in [4.69, 9.17) is 9.47 Å². The molecule has 1 saturated carbocycles. The van der Waals surface area contributed by atoms with Gasteiger partial charge in [-0.2, -0.15) is 0 Å². The van der Waals surface area contributed by atoms with Gasteiger partial charge in [0.25, 0.3) is 0 Å². The van der Waals surface area contributed by atoms with Crippen molar-refractivity contribution in [1.29, 1.82) is 0 Å². The van der Waals surface area contributed by atoms with Gasteiger partial charge in [0.1, 0.15) is 0 Å². The molecule has 3 rings (SSSR count). The molecule has 0 radical (unpaired) electrons. The first kappa shape index (κ1) is 14.4. The van der Waals surface area contributed by atoms with Crippen molar-refractivity contribution in [3.05, 3.63) is 23.8 Å². The number of rotatable bonds is 4. The molecule has 0 aromatic heterocycles. The molecule has 1 aliphatic carbocycles. The average Bonchev–Trinajstić information content (AvgIpc) is 2.78. The van der Waals surface area contributed by atoms with Gasteiger partial charge in [-0.05, 0) is 38.1 Å². The van der Waals surface area contributed by atoms with Crippen molar-refractivity contribution in [2.75, 3.05) is 20.4 Å². The van der Waals surface area contributed by atoms with E-state index in [2.05, 4.69) is 11.9 Å². The SMILES string of the molecule is CN(CC(=O)c1ccc2c(c1)OCO2)C1CCCCCC1. The van der Waals surface area contributed by atoms with Crippen LogP contribution >= 0.6 is 0 Å². The Kier molecular flexibility index (Phi) is 4.44. The number of ketones is 1. The fourth-order valence-corrected chi connectivity index (χ4v) is 3.22. The largest absolute Gasteiger partial charge is 0.454 e. The van der Waals surface area contributed by atoms with Crippen LogP contribution in [-0.2, 0) is 0 Å². The van der Waals surface area contributed by atoms with Crippen LogP contribution in [0.15, 0.2) is 18.2 Å². The molecule has 0 N–H and O–H groups in total. The summed E-state index contributed by atoms with van der Waals surface area (Å²) in [7, 11) is 2.07. The van der Waals surface area contributed by atoms with E-state index in [1.807, 2.05) is 12.1 Å². The molecule has 0 bridgehead atoms. The minimum Gasteiger partial charge on any atom is -0.454 e. The highest BCUT2D eigenvalue weighted by atomic mass is 16.7. The van der Waals surface area contributed by atoms with Crippen molar-refractivity contribution in [2.45, 2.75) is 44.6 Å². The summed E-state index contributed by atoms with van der Waals surface area (Å²) in [4.78, 5) is 14.7. The predicted octanol–water partition coefficient (Wildman–Crippen LogP) is 3.25. The Labute approximate surface area is 126 Å². The van der Waals surface area contributed by atoms with E-state index in [1.54, 1.807) is 6.07 Å². The van der Waals surface area contributed by atoms with E-state index in [0.717, 1.165) is 5.75 Å². The highest BCUT2D eigenvalue weighted by Crippen LogP contribution is 2.32. The average molecular weight is 289 g/mol. The maximum atomic E-state index is 12.4. The Bertz CT molecular complexity index is 507. The zero-order valence-corrected chi connectivity index (χ0v) is 12.6. The van der Waals surface area contributed by atoms with Gasteiger partial charge in [-0.25, -0.2) is 0 Å². The lowest BCUT2D eigenvalue weighted by Crippen LogP contribution is -2.35. The first-order valence-corrected chi connectivity index (χ1v) is 7.87. The van der Waals surface area contributed by atoms with Gasteiger partial charge in [0.15, 0.2) is 17.3 Å². The molecule has 0 saturated heterocycles. The van der Waals surface area contributed by atoms with Crippen LogP contribution in [-0.4, -0.2) is 37.1 Å². The molecule has 21 heavy (non-hydrogen) atoms. The number of carbonyl (C=O) groups excluding carboxylic acids is 1. The third-order valence-corrected chi connectivity index (χ3v) is 4.54. The van der Waals surface area contributed by atoms with Crippen LogP contribution in [0.1, 0.15) is 48.9 Å². The van der Waals surface area contributed by atoms with Crippen molar-refractivity contribution in [3.8, 4) is 11.5 Å². The molecule has 0 spiro atoms. The Hall–Kier alpha value is -1.55. The van der Waals surface area contributed by atoms with E-state index < -0.39 is 0 Å². The highest BCUT2D eigenvalue weighted by molar-refractivity contribution is 5.98. The lowest BCUT2D eigenvalue weighted by Gasteiger charge is -2.26. The molecule has 1 aromatic carbocycles. The van der Waals surface area contributed by atoms with E-state index in [1.165, 1.54) is 38.5 Å². The zero-order chi connectivity index (χ0) is 14.7. The standard InChI is InChI=1S/C17H23NO3/c1-18(14-6-4-2-3-5-7-14)11-15(19)13-8-9-16-17(10-13)21-12-20-16/h8-10,14H,2-7,11-12H2,1H3. The van der Waals surface area contributed by atoms with Gasteiger partial charge in [-0.1, -0.05) is 25.7 Å². The fraction of sp³-hybridized carbons (Fsp3) is 0.588. The van der Waals surface area contributed by atoms with Gasteiger partial charge in [-0.3, -0.25) is 9.69 Å². The Morgan fingerprint density at radius 2 is 1.86 bits per heavy atom. The highest BCUT2D eigenvalue weighted by Gasteiger charge is 2.21. The van der Waals surface area contributed by atoms with Gasteiger partial charge < -0.3 is 9.47 Å². The van der Waals surface area contributed by atoms with Crippen LogP contribution in [0, 0.1) is 0 Å². The second-order valence-electron chi connectivity index (χ2n) is 6.05. The third kappa shape index (κ3) is 3.38. The molecule has 1 heterocycles. The lowest BCUT2D eigenvalue weighted by molar-refractivity contribution is 0.0911. The summed E-state index contributed by atoms with van der Waals surface area (Å²) in [6, 6.07) is 5.99. The third-order valence-electron chi connectivity index (χ3n) is 4.54. The molecule has 0 atom stereocenters. The molecule has 0 amide bonds. The molecule has 1 aliphatic heterocycles. The second-order valence-corrected chi connectivity index (χ2v) is 6.05. The van der Waals surface area contributed by atoms with Crippen LogP contribution in [0.5, 0.6) is 11.5 Å². The summed E-state index contributed by atoms with van der Waals surface area (Å²) in [5.74, 6) is 1.56. The topological polar surface area (TPSA) is 38.8 Å². The number of carbonyl (C=O) groups is 1. The van der Waals surface area contributed by atoms with Gasteiger partial charge in [0, 0.05) is 11.6 Å². The van der Waals surface area contributed by atoms with Crippen molar-refractivity contribution in [3.63, 3.8) is 0 Å². The quantitative estimate of drug-likeness (QED) is 0.630. The maximum Gasteiger partial charge on any atom is 0.231 e. The number of ether oxygens (including phenoxy) is 2. The minimum atomic E-state index is 0.153. The number of hydrogen-bond acceptors (Lipinski definition) is 4. The van der Waals surface area contributed by atoms with Gasteiger partial charge >= 0.3 is 0 Å². The smallest absolute Gasteiger partial charge is 0.231 e. The summed E-state index contributed by atoms with van der Waals surface area (Å²) in [6.07, 6.45) is 7.66. The van der Waals surface area contributed by atoms with Gasteiger partial charge in [0.05, 0.1) is 6.54 Å². The van der Waals surface area contributed by atoms with E-state index in [9.17, 15) is 4.79 Å². The normalized spacial score (nSPS) is 18.8. The van der Waals surface area contributed by atoms with E-state index >= 15 is 0 Å². The van der Waals surface area contributed by atoms with E-state index in [0.29, 0.717) is 23.9 Å². The van der Waals surface area contributed by atoms with Crippen LogP contribution in [0.2, 0.25) is 0 Å². The molecule has 4 heteroatoms. The Balaban J connectivity index is 1.62. The van der Waals surface area contributed by atoms with Crippen molar-refractivity contribution in [2.24, 2.45) is 0 Å². The van der Waals surface area contributed by atoms with Crippen LogP contribution in [0.4, 0.5) is 0 Å². The van der Waals surface area contributed by atoms with Crippen molar-refractivity contribution < 1.29 is 14.3 Å². The Morgan fingerprint density at radius 1 is 1.14 bits per heavy atom. The van der Waals surface area contributed by atoms with E-state index in [-0.39, 0.29) is 12.6 Å². The summed E-state index contributed by atoms with van der Waals surface area (Å²) in [5.41, 5.74) is 0.708. The van der Waals surface area contributed by atoms with Gasteiger partial charge in [-0.15, -0.1) is 0 Å². The molecule has 0 unspecified atom stereocenters. The number of hydrogen-bond donors (Lipinski definition) is 0. The summed E-state index contributed by atoms with van der Waals surface area (Å²) in [5, 5.41) is 0. The molecule has 114 valence electrons. The Morgan fingerprint density at radius 3 is 2.62 bits per heavy atom. The van der Waals surface area contributed by atoms with Crippen LogP contribution in [0.25, 0.3) is 0 Å². The predicted molar refractivity (Wildman–Crippen MR) is 81.0 cm³/mol. The summed E-state index contributed by atoms with van der Waals surface area (Å²) in [6.45, 7) is 0.721. The molecule has 2 aliphatic rings. The second kappa shape index (κ2) is 6.48. The summed E-state index contributed by atoms with van der Waals surface area (Å²) < 4.78 is 10.6. The van der Waals surface area contributed by atoms with Crippen LogP contribution in [0.3, 0.4) is 0 Å².